The van der Waals surface area contributed by atoms with E-state index in [2.05, 4.69) is 0 Å². The minimum absolute atomic E-state index is 0.0970. The van der Waals surface area contributed by atoms with E-state index in [9.17, 15) is 9.18 Å². The van der Waals surface area contributed by atoms with Crippen molar-refractivity contribution in [1.82, 2.24) is 0 Å². The van der Waals surface area contributed by atoms with Crippen molar-refractivity contribution in [3.05, 3.63) is 45.9 Å². The van der Waals surface area contributed by atoms with Gasteiger partial charge in [0, 0.05) is 11.4 Å². The van der Waals surface area contributed by atoms with Crippen LogP contribution in [0.25, 0.3) is 0 Å². The number of hydrogen-bond acceptors (Lipinski definition) is 3. The summed E-state index contributed by atoms with van der Waals surface area (Å²) < 4.78 is 18.7. The average molecular weight is 252 g/mol. The maximum atomic E-state index is 13.4. The molecule has 17 heavy (non-hydrogen) atoms. The molecule has 0 saturated carbocycles. The van der Waals surface area contributed by atoms with Crippen LogP contribution in [-0.4, -0.2) is 11.1 Å². The molecule has 2 aromatic rings. The van der Waals surface area contributed by atoms with Gasteiger partial charge in [0.1, 0.15) is 10.6 Å². The molecule has 0 aliphatic heterocycles. The lowest BCUT2D eigenvalue weighted by molar-refractivity contribution is 0.0702. The van der Waals surface area contributed by atoms with Gasteiger partial charge in [0.25, 0.3) is 0 Å². The molecule has 0 amide bonds. The van der Waals surface area contributed by atoms with E-state index in [0.717, 1.165) is 16.9 Å². The lowest BCUT2D eigenvalue weighted by Crippen LogP contribution is -1.91. The molecule has 2 rings (SSSR count). The van der Waals surface area contributed by atoms with Crippen LogP contribution in [0.15, 0.2) is 29.6 Å². The van der Waals surface area contributed by atoms with Gasteiger partial charge in [-0.1, -0.05) is 6.07 Å². The predicted octanol–water partition coefficient (Wildman–Crippen LogP) is 3.69. The topological polar surface area (TPSA) is 46.5 Å². The van der Waals surface area contributed by atoms with E-state index in [-0.39, 0.29) is 10.6 Å². The third kappa shape index (κ3) is 2.62. The fraction of sp³-hybridized carbons (Fsp3) is 0.0833. The number of carboxylic acids is 1. The van der Waals surface area contributed by atoms with Crippen LogP contribution in [0.3, 0.4) is 0 Å². The molecule has 1 N–H and O–H groups in total. The van der Waals surface area contributed by atoms with Crippen molar-refractivity contribution in [2.75, 3.05) is 0 Å². The Labute approximate surface area is 101 Å². The number of rotatable bonds is 3. The summed E-state index contributed by atoms with van der Waals surface area (Å²) in [5, 5.41) is 10.3. The summed E-state index contributed by atoms with van der Waals surface area (Å²) in [6.07, 6.45) is 0. The van der Waals surface area contributed by atoms with Gasteiger partial charge < -0.3 is 9.84 Å². The Morgan fingerprint density at radius 1 is 1.41 bits per heavy atom. The first kappa shape index (κ1) is 11.6. The summed E-state index contributed by atoms with van der Waals surface area (Å²) in [4.78, 5) is 10.8. The number of carboxylic acid groups (broad SMARTS) is 1. The smallest absolute Gasteiger partial charge is 0.346 e. The zero-order valence-corrected chi connectivity index (χ0v) is 9.75. The maximum Gasteiger partial charge on any atom is 0.346 e. The molecule has 0 atom stereocenters. The summed E-state index contributed by atoms with van der Waals surface area (Å²) in [7, 11) is 0. The van der Waals surface area contributed by atoms with E-state index in [4.69, 9.17) is 9.84 Å². The van der Waals surface area contributed by atoms with E-state index in [1.54, 1.807) is 12.1 Å². The van der Waals surface area contributed by atoms with Crippen molar-refractivity contribution in [2.24, 2.45) is 0 Å². The highest BCUT2D eigenvalue weighted by Crippen LogP contribution is 2.29. The number of carbonyl (C=O) groups is 1. The lowest BCUT2D eigenvalue weighted by atomic mass is 10.2. The van der Waals surface area contributed by atoms with Crippen LogP contribution in [0.2, 0.25) is 0 Å². The molecule has 0 spiro atoms. The summed E-state index contributed by atoms with van der Waals surface area (Å²) in [6, 6.07) is 5.88. The largest absolute Gasteiger partial charge is 0.477 e. The third-order valence-electron chi connectivity index (χ3n) is 2.10. The molecule has 0 aliphatic carbocycles. The highest BCUT2D eigenvalue weighted by Gasteiger charge is 2.10. The van der Waals surface area contributed by atoms with Crippen molar-refractivity contribution in [2.45, 2.75) is 6.92 Å². The van der Waals surface area contributed by atoms with E-state index in [1.165, 1.54) is 17.5 Å². The number of aromatic carboxylic acids is 1. The second-order valence-corrected chi connectivity index (χ2v) is 4.40. The molecule has 5 heteroatoms. The second-order valence-electron chi connectivity index (χ2n) is 3.49. The molecular formula is C12H9FO3S. The Hall–Kier alpha value is -1.88. The van der Waals surface area contributed by atoms with Gasteiger partial charge in [-0.2, -0.15) is 0 Å². The van der Waals surface area contributed by atoms with Gasteiger partial charge in [-0.3, -0.25) is 0 Å². The van der Waals surface area contributed by atoms with Crippen LogP contribution < -0.4 is 4.74 Å². The van der Waals surface area contributed by atoms with Crippen molar-refractivity contribution in [1.29, 1.82) is 0 Å². The normalized spacial score (nSPS) is 10.2. The number of halogens is 1. The van der Waals surface area contributed by atoms with Crippen LogP contribution in [0.4, 0.5) is 4.39 Å². The van der Waals surface area contributed by atoms with Crippen LogP contribution in [0, 0.1) is 12.7 Å². The number of hydrogen-bond donors (Lipinski definition) is 1. The molecule has 88 valence electrons. The Balaban J connectivity index is 2.25. The third-order valence-corrected chi connectivity index (χ3v) is 3.00. The van der Waals surface area contributed by atoms with Crippen LogP contribution in [0.5, 0.6) is 11.5 Å². The fourth-order valence-electron chi connectivity index (χ4n) is 1.30. The summed E-state index contributed by atoms with van der Waals surface area (Å²) in [6.45, 7) is 1.82. The van der Waals surface area contributed by atoms with E-state index in [1.807, 2.05) is 6.92 Å². The van der Waals surface area contributed by atoms with Gasteiger partial charge in [-0.25, -0.2) is 9.18 Å². The number of ether oxygens (including phenoxy) is 1. The highest BCUT2D eigenvalue weighted by molar-refractivity contribution is 7.12. The van der Waals surface area contributed by atoms with E-state index in [0.29, 0.717) is 5.75 Å². The first-order chi connectivity index (χ1) is 8.06. The SMILES string of the molecule is Cc1ccc(F)c(Oc2csc(C(=O)O)c2)c1. The summed E-state index contributed by atoms with van der Waals surface area (Å²) in [5.74, 6) is -1.06. The first-order valence-electron chi connectivity index (χ1n) is 4.82. The monoisotopic (exact) mass is 252 g/mol. The van der Waals surface area contributed by atoms with Gasteiger partial charge >= 0.3 is 5.97 Å². The van der Waals surface area contributed by atoms with Crippen LogP contribution in [-0.2, 0) is 0 Å². The first-order valence-corrected chi connectivity index (χ1v) is 5.70. The van der Waals surface area contributed by atoms with Gasteiger partial charge in [-0.05, 0) is 24.6 Å². The van der Waals surface area contributed by atoms with E-state index >= 15 is 0 Å². The minimum atomic E-state index is -1.02. The molecule has 1 heterocycles. The van der Waals surface area contributed by atoms with Gasteiger partial charge in [0.05, 0.1) is 0 Å². The molecule has 0 bridgehead atoms. The summed E-state index contributed by atoms with van der Waals surface area (Å²) >= 11 is 1.04. The number of aryl methyl sites for hydroxylation is 1. The van der Waals surface area contributed by atoms with Gasteiger partial charge in [-0.15, -0.1) is 11.3 Å². The Bertz CT molecular complexity index is 563. The Morgan fingerprint density at radius 3 is 2.82 bits per heavy atom. The Kier molecular flexibility index (Phi) is 3.10. The standard InChI is InChI=1S/C12H9FO3S/c1-7-2-3-9(13)10(4-7)16-8-5-11(12(14)15)17-6-8/h2-6H,1H3,(H,14,15). The van der Waals surface area contributed by atoms with Gasteiger partial charge in [0.15, 0.2) is 11.6 Å². The van der Waals surface area contributed by atoms with Gasteiger partial charge in [0.2, 0.25) is 0 Å². The van der Waals surface area contributed by atoms with Crippen molar-refractivity contribution in [3.8, 4) is 11.5 Å². The minimum Gasteiger partial charge on any atom is -0.477 e. The lowest BCUT2D eigenvalue weighted by Gasteiger charge is -2.05. The van der Waals surface area contributed by atoms with Crippen molar-refractivity contribution < 1.29 is 19.0 Å². The highest BCUT2D eigenvalue weighted by atomic mass is 32.1. The predicted molar refractivity (Wildman–Crippen MR) is 62.5 cm³/mol. The molecule has 0 fully saturated rings. The number of thiophene rings is 1. The molecule has 0 aliphatic rings. The van der Waals surface area contributed by atoms with E-state index < -0.39 is 11.8 Å². The molecule has 1 aromatic carbocycles. The maximum absolute atomic E-state index is 13.4. The molecule has 1 aromatic heterocycles. The van der Waals surface area contributed by atoms with Crippen molar-refractivity contribution in [3.63, 3.8) is 0 Å². The number of benzene rings is 1. The zero-order valence-electron chi connectivity index (χ0n) is 8.94. The molecule has 0 unspecified atom stereocenters. The van der Waals surface area contributed by atoms with Crippen LogP contribution in [0.1, 0.15) is 15.2 Å². The van der Waals surface area contributed by atoms with Crippen molar-refractivity contribution >= 4 is 17.3 Å². The molecule has 0 saturated heterocycles. The quantitative estimate of drug-likeness (QED) is 0.906. The van der Waals surface area contributed by atoms with Crippen LogP contribution >= 0.6 is 11.3 Å². The fourth-order valence-corrected chi connectivity index (χ4v) is 1.94. The Morgan fingerprint density at radius 2 is 2.18 bits per heavy atom. The second kappa shape index (κ2) is 4.55. The summed E-state index contributed by atoms with van der Waals surface area (Å²) in [5.41, 5.74) is 0.870. The molecule has 0 radical (unpaired) electrons. The molecular weight excluding hydrogens is 243 g/mol. The zero-order chi connectivity index (χ0) is 12.4. The molecule has 3 nitrogen and oxygen atoms in total. The average Bonchev–Trinajstić information content (AvgIpc) is 2.72.